The number of amidine groups is 1. The third-order valence-electron chi connectivity index (χ3n) is 2.15. The molecule has 0 saturated heterocycles. The normalized spacial score (nSPS) is 14.4. The first-order valence-electron chi connectivity index (χ1n) is 4.95. The van der Waals surface area contributed by atoms with Crippen molar-refractivity contribution in [2.24, 2.45) is 4.99 Å². The summed E-state index contributed by atoms with van der Waals surface area (Å²) >= 11 is 7.20. The van der Waals surface area contributed by atoms with Gasteiger partial charge in [-0.1, -0.05) is 23.4 Å². The van der Waals surface area contributed by atoms with Gasteiger partial charge in [0.15, 0.2) is 11.0 Å². The summed E-state index contributed by atoms with van der Waals surface area (Å²) in [6.45, 7) is 1.68. The van der Waals surface area contributed by atoms with Crippen molar-refractivity contribution in [3.63, 3.8) is 0 Å². The van der Waals surface area contributed by atoms with Crippen LogP contribution in [0, 0.1) is 0 Å². The van der Waals surface area contributed by atoms with E-state index in [1.54, 1.807) is 24.3 Å². The Hall–Kier alpha value is -1.00. The Balaban J connectivity index is 1.90. The Bertz CT molecular complexity index is 416. The zero-order valence-corrected chi connectivity index (χ0v) is 10.1. The number of carbonyl (C=O) groups excluding carboxylic acids is 1. The van der Waals surface area contributed by atoms with Crippen LogP contribution < -0.4 is 5.32 Å². The first-order valence-corrected chi connectivity index (χ1v) is 6.32. The highest BCUT2D eigenvalue weighted by Gasteiger charge is 2.10. The van der Waals surface area contributed by atoms with Crippen molar-refractivity contribution in [3.05, 3.63) is 34.9 Å². The molecule has 0 radical (unpaired) electrons. The van der Waals surface area contributed by atoms with Crippen LogP contribution in [0.15, 0.2) is 29.3 Å². The minimum Gasteiger partial charge on any atom is -0.363 e. The van der Waals surface area contributed by atoms with Crippen molar-refractivity contribution >= 4 is 34.3 Å². The van der Waals surface area contributed by atoms with Crippen molar-refractivity contribution in [2.45, 2.75) is 0 Å². The summed E-state index contributed by atoms with van der Waals surface area (Å²) in [7, 11) is 0. The fourth-order valence-corrected chi connectivity index (χ4v) is 2.27. The number of rotatable bonds is 3. The number of nitrogens with one attached hydrogen (secondary N) is 1. The monoisotopic (exact) mass is 254 g/mol. The van der Waals surface area contributed by atoms with Crippen molar-refractivity contribution in [3.8, 4) is 0 Å². The maximum Gasteiger partial charge on any atom is 0.173 e. The molecule has 3 nitrogen and oxygen atoms in total. The number of nitrogens with zero attached hydrogens (tertiary/aromatic N) is 1. The second-order valence-corrected chi connectivity index (χ2v) is 4.73. The minimum absolute atomic E-state index is 0.0954. The topological polar surface area (TPSA) is 41.5 Å². The highest BCUT2D eigenvalue weighted by Crippen LogP contribution is 2.13. The van der Waals surface area contributed by atoms with E-state index in [-0.39, 0.29) is 5.78 Å². The van der Waals surface area contributed by atoms with Gasteiger partial charge in [-0.05, 0) is 24.3 Å². The molecule has 1 aliphatic rings. The van der Waals surface area contributed by atoms with E-state index in [1.165, 1.54) is 11.8 Å². The SMILES string of the molecule is O=C(CSC1=NCCN1)c1ccc(Cl)cc1. The number of Topliss-reactive ketones (excluding diaryl/α,β-unsaturated/α-hetero) is 1. The number of hydrogen-bond acceptors (Lipinski definition) is 4. The van der Waals surface area contributed by atoms with Crippen LogP contribution in [-0.4, -0.2) is 29.8 Å². The van der Waals surface area contributed by atoms with E-state index < -0.39 is 0 Å². The Morgan fingerprint density at radius 1 is 1.44 bits per heavy atom. The third kappa shape index (κ3) is 3.00. The van der Waals surface area contributed by atoms with Crippen LogP contribution in [0.3, 0.4) is 0 Å². The maximum absolute atomic E-state index is 11.8. The Morgan fingerprint density at radius 3 is 2.81 bits per heavy atom. The molecule has 1 aromatic rings. The zero-order valence-electron chi connectivity index (χ0n) is 8.57. The van der Waals surface area contributed by atoms with Gasteiger partial charge in [0.25, 0.3) is 0 Å². The number of halogens is 1. The Kier molecular flexibility index (Phi) is 3.85. The van der Waals surface area contributed by atoms with Gasteiger partial charge >= 0.3 is 0 Å². The molecule has 2 rings (SSSR count). The van der Waals surface area contributed by atoms with Gasteiger partial charge in [-0.15, -0.1) is 0 Å². The van der Waals surface area contributed by atoms with E-state index in [4.69, 9.17) is 11.6 Å². The number of aliphatic imine (C=N–C) groups is 1. The quantitative estimate of drug-likeness (QED) is 0.841. The van der Waals surface area contributed by atoms with Gasteiger partial charge in [0.2, 0.25) is 0 Å². The number of ketones is 1. The van der Waals surface area contributed by atoms with E-state index in [0.717, 1.165) is 18.3 Å². The van der Waals surface area contributed by atoms with Gasteiger partial charge in [0, 0.05) is 17.1 Å². The number of hydrogen-bond donors (Lipinski definition) is 1. The molecule has 0 spiro atoms. The first kappa shape index (κ1) is 11.5. The van der Waals surface area contributed by atoms with Crippen LogP contribution in [0.1, 0.15) is 10.4 Å². The van der Waals surface area contributed by atoms with Crippen LogP contribution in [-0.2, 0) is 0 Å². The molecular formula is C11H11ClN2OS. The van der Waals surface area contributed by atoms with E-state index in [0.29, 0.717) is 16.3 Å². The molecule has 1 N–H and O–H groups in total. The summed E-state index contributed by atoms with van der Waals surface area (Å²) in [4.78, 5) is 16.0. The van der Waals surface area contributed by atoms with Crippen LogP contribution in [0.5, 0.6) is 0 Å². The minimum atomic E-state index is 0.0954. The number of benzene rings is 1. The first-order chi connectivity index (χ1) is 7.75. The molecule has 84 valence electrons. The standard InChI is InChI=1S/C11H11ClN2OS/c12-9-3-1-8(2-4-9)10(15)7-16-11-13-5-6-14-11/h1-4H,5-7H2,(H,13,14). The lowest BCUT2D eigenvalue weighted by Crippen LogP contribution is -2.17. The van der Waals surface area contributed by atoms with Crippen molar-refractivity contribution in [1.82, 2.24) is 5.32 Å². The maximum atomic E-state index is 11.8. The largest absolute Gasteiger partial charge is 0.363 e. The highest BCUT2D eigenvalue weighted by atomic mass is 35.5. The van der Waals surface area contributed by atoms with Crippen molar-refractivity contribution in [1.29, 1.82) is 0 Å². The molecule has 16 heavy (non-hydrogen) atoms. The molecular weight excluding hydrogens is 244 g/mol. The summed E-state index contributed by atoms with van der Waals surface area (Å²) in [5, 5.41) is 4.62. The molecule has 1 aliphatic heterocycles. The predicted molar refractivity (Wildman–Crippen MR) is 68.5 cm³/mol. The van der Waals surface area contributed by atoms with Gasteiger partial charge < -0.3 is 5.32 Å². The summed E-state index contributed by atoms with van der Waals surface area (Å²) < 4.78 is 0. The fourth-order valence-electron chi connectivity index (χ4n) is 1.33. The molecule has 0 aliphatic carbocycles. The molecule has 0 unspecified atom stereocenters. The van der Waals surface area contributed by atoms with Gasteiger partial charge in [-0.3, -0.25) is 9.79 Å². The second kappa shape index (κ2) is 5.37. The number of carbonyl (C=O) groups is 1. The lowest BCUT2D eigenvalue weighted by atomic mass is 10.1. The van der Waals surface area contributed by atoms with Crippen molar-refractivity contribution < 1.29 is 4.79 Å². The van der Waals surface area contributed by atoms with E-state index in [1.807, 2.05) is 0 Å². The van der Waals surface area contributed by atoms with E-state index in [9.17, 15) is 4.79 Å². The third-order valence-corrected chi connectivity index (χ3v) is 3.35. The molecule has 0 saturated carbocycles. The summed E-state index contributed by atoms with van der Waals surface area (Å²) in [6.07, 6.45) is 0. The van der Waals surface area contributed by atoms with E-state index >= 15 is 0 Å². The van der Waals surface area contributed by atoms with E-state index in [2.05, 4.69) is 10.3 Å². The second-order valence-electron chi connectivity index (χ2n) is 3.33. The van der Waals surface area contributed by atoms with Crippen molar-refractivity contribution in [2.75, 3.05) is 18.8 Å². The van der Waals surface area contributed by atoms with Gasteiger partial charge in [0.05, 0.1) is 12.3 Å². The van der Waals surface area contributed by atoms with Crippen LogP contribution >= 0.6 is 23.4 Å². The van der Waals surface area contributed by atoms with Crippen LogP contribution in [0.25, 0.3) is 0 Å². The highest BCUT2D eigenvalue weighted by molar-refractivity contribution is 8.14. The molecule has 1 aromatic carbocycles. The fraction of sp³-hybridized carbons (Fsp3) is 0.273. The number of thioether (sulfide) groups is 1. The summed E-state index contributed by atoms with van der Waals surface area (Å²) in [5.74, 6) is 0.506. The summed E-state index contributed by atoms with van der Waals surface area (Å²) in [6, 6.07) is 6.94. The molecule has 0 amide bonds. The molecule has 0 aromatic heterocycles. The van der Waals surface area contributed by atoms with Crippen LogP contribution in [0.4, 0.5) is 0 Å². The zero-order chi connectivity index (χ0) is 11.4. The molecule has 0 fully saturated rings. The van der Waals surface area contributed by atoms with Gasteiger partial charge in [-0.2, -0.15) is 0 Å². The lowest BCUT2D eigenvalue weighted by Gasteiger charge is -2.02. The molecule has 0 atom stereocenters. The molecule has 0 bridgehead atoms. The van der Waals surface area contributed by atoms with Crippen LogP contribution in [0.2, 0.25) is 5.02 Å². The summed E-state index contributed by atoms with van der Waals surface area (Å²) in [5.41, 5.74) is 0.690. The lowest BCUT2D eigenvalue weighted by molar-refractivity contribution is 0.102. The average molecular weight is 255 g/mol. The smallest absolute Gasteiger partial charge is 0.173 e. The average Bonchev–Trinajstić information content (AvgIpc) is 2.80. The molecule has 5 heteroatoms. The van der Waals surface area contributed by atoms with Gasteiger partial charge in [0.1, 0.15) is 0 Å². The molecule has 1 heterocycles. The van der Waals surface area contributed by atoms with Gasteiger partial charge in [-0.25, -0.2) is 0 Å². The Labute approximate surface area is 103 Å². The Morgan fingerprint density at radius 2 is 2.19 bits per heavy atom. The predicted octanol–water partition coefficient (Wildman–Crippen LogP) is 2.22.